The van der Waals surface area contributed by atoms with Gasteiger partial charge in [0.1, 0.15) is 0 Å². The van der Waals surface area contributed by atoms with Gasteiger partial charge in [-0.25, -0.2) is 0 Å². The molecule has 0 N–H and O–H groups in total. The third-order valence-corrected chi connectivity index (χ3v) is 4.24. The van der Waals surface area contributed by atoms with Crippen molar-refractivity contribution in [2.75, 3.05) is 38.1 Å². The van der Waals surface area contributed by atoms with E-state index in [1.54, 1.807) is 0 Å². The molecule has 0 bridgehead atoms. The average molecular weight is 339 g/mol. The van der Waals surface area contributed by atoms with Crippen LogP contribution in [0.1, 0.15) is 27.9 Å². The molecule has 1 saturated heterocycles. The summed E-state index contributed by atoms with van der Waals surface area (Å²) in [7, 11) is 0. The molecule has 0 atom stereocenters. The van der Waals surface area contributed by atoms with Gasteiger partial charge in [0.2, 0.25) is 0 Å². The predicted octanol–water partition coefficient (Wildman–Crippen LogP) is 2.85. The number of aryl methyl sites for hydroxylation is 2. The van der Waals surface area contributed by atoms with Crippen molar-refractivity contribution in [1.82, 2.24) is 9.80 Å². The molecule has 0 spiro atoms. The SMILES string of the molecule is Cc1ccc(C(=O)N2CCCN(CCBr)CC2)c(C)c1. The molecule has 1 aromatic carbocycles. The van der Waals surface area contributed by atoms with Crippen LogP contribution in [-0.4, -0.2) is 53.8 Å². The van der Waals surface area contributed by atoms with Crippen molar-refractivity contribution < 1.29 is 4.79 Å². The molecule has 0 radical (unpaired) electrons. The minimum absolute atomic E-state index is 0.184. The van der Waals surface area contributed by atoms with Crippen molar-refractivity contribution in [3.05, 3.63) is 34.9 Å². The van der Waals surface area contributed by atoms with Crippen molar-refractivity contribution in [3.63, 3.8) is 0 Å². The Morgan fingerprint density at radius 3 is 2.70 bits per heavy atom. The van der Waals surface area contributed by atoms with Gasteiger partial charge in [0.05, 0.1) is 0 Å². The maximum Gasteiger partial charge on any atom is 0.254 e. The van der Waals surface area contributed by atoms with Crippen molar-refractivity contribution in [2.45, 2.75) is 20.3 Å². The molecular weight excluding hydrogens is 316 g/mol. The zero-order chi connectivity index (χ0) is 14.5. The molecular formula is C16H23BrN2O. The van der Waals surface area contributed by atoms with Crippen LogP contribution in [-0.2, 0) is 0 Å². The summed E-state index contributed by atoms with van der Waals surface area (Å²) >= 11 is 3.49. The molecule has 2 rings (SSSR count). The monoisotopic (exact) mass is 338 g/mol. The zero-order valence-electron chi connectivity index (χ0n) is 12.4. The Morgan fingerprint density at radius 2 is 2.00 bits per heavy atom. The smallest absolute Gasteiger partial charge is 0.254 e. The molecule has 1 aliphatic heterocycles. The summed E-state index contributed by atoms with van der Waals surface area (Å²) in [5, 5.41) is 0.998. The quantitative estimate of drug-likeness (QED) is 0.791. The number of rotatable bonds is 3. The summed E-state index contributed by atoms with van der Waals surface area (Å²) in [5.74, 6) is 0.184. The van der Waals surface area contributed by atoms with Crippen LogP contribution in [0.15, 0.2) is 18.2 Å². The predicted molar refractivity (Wildman–Crippen MR) is 86.7 cm³/mol. The Labute approximate surface area is 130 Å². The van der Waals surface area contributed by atoms with E-state index in [4.69, 9.17) is 0 Å². The first-order valence-corrected chi connectivity index (χ1v) is 8.39. The van der Waals surface area contributed by atoms with Crippen LogP contribution < -0.4 is 0 Å². The van der Waals surface area contributed by atoms with Gasteiger partial charge in [0, 0.05) is 37.1 Å². The van der Waals surface area contributed by atoms with Crippen LogP contribution in [0.4, 0.5) is 0 Å². The zero-order valence-corrected chi connectivity index (χ0v) is 13.9. The van der Waals surface area contributed by atoms with E-state index in [1.807, 2.05) is 24.0 Å². The Bertz CT molecular complexity index is 476. The number of hydrogen-bond donors (Lipinski definition) is 0. The summed E-state index contributed by atoms with van der Waals surface area (Å²) in [5.41, 5.74) is 3.14. The Morgan fingerprint density at radius 1 is 1.20 bits per heavy atom. The number of halogens is 1. The third kappa shape index (κ3) is 3.83. The maximum absolute atomic E-state index is 12.6. The largest absolute Gasteiger partial charge is 0.337 e. The van der Waals surface area contributed by atoms with Gasteiger partial charge >= 0.3 is 0 Å². The van der Waals surface area contributed by atoms with Crippen LogP contribution in [0.5, 0.6) is 0 Å². The number of hydrogen-bond acceptors (Lipinski definition) is 2. The first-order chi connectivity index (χ1) is 9.61. The normalized spacial score (nSPS) is 17.1. The van der Waals surface area contributed by atoms with Gasteiger partial charge in [0.15, 0.2) is 0 Å². The van der Waals surface area contributed by atoms with Crippen molar-refractivity contribution in [2.24, 2.45) is 0 Å². The Hall–Kier alpha value is -0.870. The lowest BCUT2D eigenvalue weighted by molar-refractivity contribution is 0.0761. The maximum atomic E-state index is 12.6. The number of amides is 1. The van der Waals surface area contributed by atoms with Crippen molar-refractivity contribution in [3.8, 4) is 0 Å². The van der Waals surface area contributed by atoms with Gasteiger partial charge in [-0.1, -0.05) is 33.6 Å². The first-order valence-electron chi connectivity index (χ1n) is 7.26. The van der Waals surface area contributed by atoms with E-state index in [-0.39, 0.29) is 5.91 Å². The summed E-state index contributed by atoms with van der Waals surface area (Å²) in [4.78, 5) is 17.1. The van der Waals surface area contributed by atoms with E-state index in [0.29, 0.717) is 0 Å². The summed E-state index contributed by atoms with van der Waals surface area (Å²) in [6, 6.07) is 6.07. The summed E-state index contributed by atoms with van der Waals surface area (Å²) in [6.07, 6.45) is 1.06. The minimum Gasteiger partial charge on any atom is -0.337 e. The topological polar surface area (TPSA) is 23.6 Å². The first kappa shape index (κ1) is 15.5. The second kappa shape index (κ2) is 7.23. The lowest BCUT2D eigenvalue weighted by Gasteiger charge is -2.22. The number of benzene rings is 1. The van der Waals surface area contributed by atoms with Gasteiger partial charge in [0.25, 0.3) is 5.91 Å². The fourth-order valence-corrected chi connectivity index (χ4v) is 3.24. The highest BCUT2D eigenvalue weighted by molar-refractivity contribution is 9.09. The van der Waals surface area contributed by atoms with Gasteiger partial charge < -0.3 is 9.80 Å². The van der Waals surface area contributed by atoms with E-state index < -0.39 is 0 Å². The second-order valence-electron chi connectivity index (χ2n) is 5.49. The Balaban J connectivity index is 2.05. The molecule has 110 valence electrons. The third-order valence-electron chi connectivity index (χ3n) is 3.89. The number of alkyl halides is 1. The molecule has 1 aromatic rings. The number of nitrogens with zero attached hydrogens (tertiary/aromatic N) is 2. The fourth-order valence-electron chi connectivity index (χ4n) is 2.74. The molecule has 3 nitrogen and oxygen atoms in total. The van der Waals surface area contributed by atoms with Gasteiger partial charge in [-0.05, 0) is 38.4 Å². The number of carbonyl (C=O) groups excluding carboxylic acids is 1. The van der Waals surface area contributed by atoms with E-state index in [1.165, 1.54) is 5.56 Å². The van der Waals surface area contributed by atoms with Crippen molar-refractivity contribution in [1.29, 1.82) is 0 Å². The standard InChI is InChI=1S/C16H23BrN2O/c1-13-4-5-15(14(2)12-13)16(20)19-8-3-7-18(9-6-17)10-11-19/h4-5,12H,3,6-11H2,1-2H3. The molecule has 1 amide bonds. The van der Waals surface area contributed by atoms with Crippen molar-refractivity contribution >= 4 is 21.8 Å². The van der Waals surface area contributed by atoms with Gasteiger partial charge in [-0.15, -0.1) is 0 Å². The van der Waals surface area contributed by atoms with Crippen LogP contribution >= 0.6 is 15.9 Å². The highest BCUT2D eigenvalue weighted by atomic mass is 79.9. The number of carbonyl (C=O) groups is 1. The van der Waals surface area contributed by atoms with Gasteiger partial charge in [-0.3, -0.25) is 4.79 Å². The molecule has 1 aliphatic rings. The van der Waals surface area contributed by atoms with Gasteiger partial charge in [-0.2, -0.15) is 0 Å². The van der Waals surface area contributed by atoms with E-state index in [0.717, 1.165) is 55.6 Å². The average Bonchev–Trinajstić information content (AvgIpc) is 2.64. The fraction of sp³-hybridized carbons (Fsp3) is 0.562. The molecule has 0 saturated carbocycles. The summed E-state index contributed by atoms with van der Waals surface area (Å²) < 4.78 is 0. The molecule has 20 heavy (non-hydrogen) atoms. The molecule has 1 fully saturated rings. The van der Waals surface area contributed by atoms with Crippen LogP contribution in [0.2, 0.25) is 0 Å². The highest BCUT2D eigenvalue weighted by Crippen LogP contribution is 2.15. The van der Waals surface area contributed by atoms with Crippen LogP contribution in [0.3, 0.4) is 0 Å². The minimum atomic E-state index is 0.184. The van der Waals surface area contributed by atoms with E-state index in [9.17, 15) is 4.79 Å². The molecule has 1 heterocycles. The van der Waals surface area contributed by atoms with Crippen LogP contribution in [0.25, 0.3) is 0 Å². The van der Waals surface area contributed by atoms with Crippen LogP contribution in [0, 0.1) is 13.8 Å². The second-order valence-corrected chi connectivity index (χ2v) is 6.29. The van der Waals surface area contributed by atoms with E-state index >= 15 is 0 Å². The molecule has 0 aromatic heterocycles. The molecule has 0 aliphatic carbocycles. The highest BCUT2D eigenvalue weighted by Gasteiger charge is 2.21. The Kier molecular flexibility index (Phi) is 5.61. The summed E-state index contributed by atoms with van der Waals surface area (Å²) in [6.45, 7) is 8.90. The molecule has 4 heteroatoms. The molecule has 0 unspecified atom stereocenters. The van der Waals surface area contributed by atoms with E-state index in [2.05, 4.69) is 33.8 Å². The lowest BCUT2D eigenvalue weighted by Crippen LogP contribution is -2.36. The lowest BCUT2D eigenvalue weighted by atomic mass is 10.0.